The number of carboxylic acid groups (broad SMARTS) is 1. The quantitative estimate of drug-likeness (QED) is 0.769. The fourth-order valence-corrected chi connectivity index (χ4v) is 1.26. The van der Waals surface area contributed by atoms with E-state index in [1.807, 2.05) is 0 Å². The predicted molar refractivity (Wildman–Crippen MR) is 56.9 cm³/mol. The first-order valence-corrected chi connectivity index (χ1v) is 4.93. The van der Waals surface area contributed by atoms with Gasteiger partial charge in [-0.1, -0.05) is 13.8 Å². The van der Waals surface area contributed by atoms with Gasteiger partial charge in [0.1, 0.15) is 11.7 Å². The number of aryl methyl sites for hydroxylation is 1. The van der Waals surface area contributed by atoms with Crippen molar-refractivity contribution in [1.29, 1.82) is 0 Å². The van der Waals surface area contributed by atoms with E-state index >= 15 is 0 Å². The van der Waals surface area contributed by atoms with Crippen molar-refractivity contribution < 1.29 is 14.7 Å². The van der Waals surface area contributed by atoms with Crippen LogP contribution in [-0.2, 0) is 11.8 Å². The second kappa shape index (κ2) is 4.78. The highest BCUT2D eigenvalue weighted by Gasteiger charge is 2.24. The molecule has 1 heterocycles. The molecule has 0 bridgehead atoms. The van der Waals surface area contributed by atoms with Crippen LogP contribution >= 0.6 is 0 Å². The molecule has 0 saturated heterocycles. The van der Waals surface area contributed by atoms with Crippen LogP contribution in [-0.4, -0.2) is 32.6 Å². The molecule has 0 aromatic carbocycles. The number of aromatic nitrogens is 2. The van der Waals surface area contributed by atoms with Gasteiger partial charge < -0.3 is 15.0 Å². The number of nitrogens with zero attached hydrogens (tertiary/aromatic N) is 2. The maximum Gasteiger partial charge on any atom is 0.326 e. The monoisotopic (exact) mass is 225 g/mol. The molecule has 0 aliphatic carbocycles. The zero-order chi connectivity index (χ0) is 12.3. The van der Waals surface area contributed by atoms with Crippen LogP contribution < -0.4 is 5.32 Å². The lowest BCUT2D eigenvalue weighted by Crippen LogP contribution is -2.44. The summed E-state index contributed by atoms with van der Waals surface area (Å²) in [5.41, 5.74) is 0.217. The third kappa shape index (κ3) is 2.82. The maximum atomic E-state index is 11.6. The Kier molecular flexibility index (Phi) is 3.65. The van der Waals surface area contributed by atoms with Gasteiger partial charge in [-0.15, -0.1) is 0 Å². The van der Waals surface area contributed by atoms with Gasteiger partial charge in [0.05, 0.1) is 6.33 Å². The van der Waals surface area contributed by atoms with E-state index in [-0.39, 0.29) is 11.6 Å². The maximum absolute atomic E-state index is 11.6. The lowest BCUT2D eigenvalue weighted by atomic mass is 10.0. The summed E-state index contributed by atoms with van der Waals surface area (Å²) >= 11 is 0. The Morgan fingerprint density at radius 2 is 2.12 bits per heavy atom. The average Bonchev–Trinajstić information content (AvgIpc) is 2.59. The number of aliphatic carboxylic acids is 1. The molecule has 0 aliphatic heterocycles. The molecule has 1 unspecified atom stereocenters. The van der Waals surface area contributed by atoms with E-state index < -0.39 is 17.9 Å². The highest BCUT2D eigenvalue weighted by molar-refractivity contribution is 5.94. The second-order valence-electron chi connectivity index (χ2n) is 3.96. The number of amides is 1. The lowest BCUT2D eigenvalue weighted by molar-refractivity contribution is -0.140. The summed E-state index contributed by atoms with van der Waals surface area (Å²) in [6.45, 7) is 3.47. The third-order valence-electron chi connectivity index (χ3n) is 2.16. The molecule has 0 radical (unpaired) electrons. The van der Waals surface area contributed by atoms with Gasteiger partial charge in [0.2, 0.25) is 0 Å². The van der Waals surface area contributed by atoms with Crippen molar-refractivity contribution in [3.05, 3.63) is 18.2 Å². The smallest absolute Gasteiger partial charge is 0.326 e. The Morgan fingerprint density at radius 1 is 1.50 bits per heavy atom. The molecule has 2 N–H and O–H groups in total. The molecule has 88 valence electrons. The molecule has 1 atom stereocenters. The number of hydrogen-bond acceptors (Lipinski definition) is 3. The van der Waals surface area contributed by atoms with Crippen LogP contribution in [0.4, 0.5) is 0 Å². The van der Waals surface area contributed by atoms with E-state index in [9.17, 15) is 9.59 Å². The zero-order valence-electron chi connectivity index (χ0n) is 9.47. The first-order valence-electron chi connectivity index (χ1n) is 4.93. The molecule has 1 amide bonds. The van der Waals surface area contributed by atoms with E-state index in [1.165, 1.54) is 12.5 Å². The Balaban J connectivity index is 2.73. The third-order valence-corrected chi connectivity index (χ3v) is 2.16. The number of carbonyl (C=O) groups excluding carboxylic acids is 1. The van der Waals surface area contributed by atoms with Gasteiger partial charge in [0.15, 0.2) is 0 Å². The molecule has 0 aliphatic rings. The minimum atomic E-state index is -1.04. The lowest BCUT2D eigenvalue weighted by Gasteiger charge is -2.16. The molecule has 1 aromatic heterocycles. The Bertz CT molecular complexity index is 398. The van der Waals surface area contributed by atoms with E-state index in [0.717, 1.165) is 0 Å². The van der Waals surface area contributed by atoms with Crippen LogP contribution in [0, 0.1) is 5.92 Å². The summed E-state index contributed by atoms with van der Waals surface area (Å²) in [6, 6.07) is -0.894. The van der Waals surface area contributed by atoms with Crippen molar-refractivity contribution >= 4 is 11.9 Å². The molecular formula is C10H15N3O3. The first kappa shape index (κ1) is 12.2. The molecule has 0 fully saturated rings. The Morgan fingerprint density at radius 3 is 2.50 bits per heavy atom. The van der Waals surface area contributed by atoms with E-state index in [0.29, 0.717) is 0 Å². The Hall–Kier alpha value is -1.85. The normalized spacial score (nSPS) is 12.5. The number of hydrogen-bond donors (Lipinski definition) is 2. The van der Waals surface area contributed by atoms with E-state index in [1.54, 1.807) is 25.5 Å². The van der Waals surface area contributed by atoms with Crippen LogP contribution in [0.1, 0.15) is 24.3 Å². The Labute approximate surface area is 93.3 Å². The first-order chi connectivity index (χ1) is 7.41. The van der Waals surface area contributed by atoms with E-state index in [4.69, 9.17) is 5.11 Å². The minimum Gasteiger partial charge on any atom is -0.480 e. The predicted octanol–water partition coefficient (Wildman–Crippen LogP) is 0.259. The molecular weight excluding hydrogens is 210 g/mol. The van der Waals surface area contributed by atoms with Crippen LogP contribution in [0.3, 0.4) is 0 Å². The number of carboxylic acids is 1. The molecule has 1 rings (SSSR count). The number of imidazole rings is 1. The molecule has 0 spiro atoms. The standard InChI is InChI=1S/C10H15N3O3/c1-6(2)8(10(15)16)12-9(14)7-4-13(3)5-11-7/h4-6,8H,1-3H3,(H,12,14)(H,15,16). The topological polar surface area (TPSA) is 84.2 Å². The zero-order valence-corrected chi connectivity index (χ0v) is 9.47. The van der Waals surface area contributed by atoms with Crippen molar-refractivity contribution in [3.8, 4) is 0 Å². The largest absolute Gasteiger partial charge is 0.480 e. The molecule has 16 heavy (non-hydrogen) atoms. The average molecular weight is 225 g/mol. The van der Waals surface area contributed by atoms with Gasteiger partial charge in [-0.25, -0.2) is 9.78 Å². The van der Waals surface area contributed by atoms with Gasteiger partial charge in [-0.2, -0.15) is 0 Å². The highest BCUT2D eigenvalue weighted by Crippen LogP contribution is 2.03. The summed E-state index contributed by atoms with van der Waals surface area (Å²) in [7, 11) is 1.74. The van der Waals surface area contributed by atoms with Crippen molar-refractivity contribution in [1.82, 2.24) is 14.9 Å². The van der Waals surface area contributed by atoms with Crippen molar-refractivity contribution in [3.63, 3.8) is 0 Å². The van der Waals surface area contributed by atoms with Crippen LogP contribution in [0.2, 0.25) is 0 Å². The van der Waals surface area contributed by atoms with E-state index in [2.05, 4.69) is 10.3 Å². The van der Waals surface area contributed by atoms with Crippen molar-refractivity contribution in [2.75, 3.05) is 0 Å². The highest BCUT2D eigenvalue weighted by atomic mass is 16.4. The molecule has 6 nitrogen and oxygen atoms in total. The van der Waals surface area contributed by atoms with Crippen LogP contribution in [0.5, 0.6) is 0 Å². The fraction of sp³-hybridized carbons (Fsp3) is 0.500. The molecule has 6 heteroatoms. The van der Waals surface area contributed by atoms with Crippen LogP contribution in [0.15, 0.2) is 12.5 Å². The van der Waals surface area contributed by atoms with Crippen molar-refractivity contribution in [2.45, 2.75) is 19.9 Å². The fourth-order valence-electron chi connectivity index (χ4n) is 1.26. The van der Waals surface area contributed by atoms with Crippen LogP contribution in [0.25, 0.3) is 0 Å². The number of rotatable bonds is 4. The summed E-state index contributed by atoms with van der Waals surface area (Å²) in [5, 5.41) is 11.3. The second-order valence-corrected chi connectivity index (χ2v) is 3.96. The number of nitrogens with one attached hydrogen (secondary N) is 1. The van der Waals surface area contributed by atoms with Gasteiger partial charge >= 0.3 is 5.97 Å². The molecule has 1 aromatic rings. The van der Waals surface area contributed by atoms with Gasteiger partial charge in [-0.05, 0) is 5.92 Å². The molecule has 0 saturated carbocycles. The summed E-state index contributed by atoms with van der Waals surface area (Å²) in [4.78, 5) is 26.3. The van der Waals surface area contributed by atoms with Crippen molar-refractivity contribution in [2.24, 2.45) is 13.0 Å². The summed E-state index contributed by atoms with van der Waals surface area (Å²) in [6.07, 6.45) is 3.02. The minimum absolute atomic E-state index is 0.176. The summed E-state index contributed by atoms with van der Waals surface area (Å²) < 4.78 is 1.63. The van der Waals surface area contributed by atoms with Gasteiger partial charge in [0, 0.05) is 13.2 Å². The summed E-state index contributed by atoms with van der Waals surface area (Å²) in [5.74, 6) is -1.69. The van der Waals surface area contributed by atoms with Gasteiger partial charge in [0.25, 0.3) is 5.91 Å². The SMILES string of the molecule is CC(C)C(NC(=O)c1cn(C)cn1)C(=O)O. The van der Waals surface area contributed by atoms with Gasteiger partial charge in [-0.3, -0.25) is 4.79 Å². The number of carbonyl (C=O) groups is 2.